The van der Waals surface area contributed by atoms with Crippen molar-refractivity contribution in [3.63, 3.8) is 0 Å². The van der Waals surface area contributed by atoms with Gasteiger partial charge in [0.05, 0.1) is 10.7 Å². The average molecular weight is 458 g/mol. The molecule has 0 saturated carbocycles. The molecule has 1 heterocycles. The number of carbonyl (C=O) groups excluding carboxylic acids is 1. The molecule has 5 nitrogen and oxygen atoms in total. The van der Waals surface area contributed by atoms with Gasteiger partial charge in [-0.25, -0.2) is 5.43 Å². The molecule has 128 valence electrons. The molecule has 0 fully saturated rings. The molecule has 0 spiro atoms. The Labute approximate surface area is 157 Å². The van der Waals surface area contributed by atoms with Crippen molar-refractivity contribution in [3.05, 3.63) is 50.8 Å². The van der Waals surface area contributed by atoms with E-state index in [4.69, 9.17) is 9.15 Å². The van der Waals surface area contributed by atoms with Gasteiger partial charge in [-0.05, 0) is 55.0 Å². The standard InChI is InChI=1S/C17H18Br2N2O3/c1-17(2,3)11-4-6-12(7-5-11)23-10-15(22)21-20-9-13-8-14(18)16(19)24-13/h4-9H,10H2,1-3H3,(H,21,22). The summed E-state index contributed by atoms with van der Waals surface area (Å²) in [5.41, 5.74) is 3.67. The molecule has 1 N–H and O–H groups in total. The van der Waals surface area contributed by atoms with Gasteiger partial charge >= 0.3 is 0 Å². The molecule has 1 amide bonds. The van der Waals surface area contributed by atoms with Gasteiger partial charge in [0.1, 0.15) is 11.5 Å². The smallest absolute Gasteiger partial charge is 0.277 e. The second kappa shape index (κ2) is 7.98. The maximum absolute atomic E-state index is 11.7. The van der Waals surface area contributed by atoms with Crippen molar-refractivity contribution in [2.45, 2.75) is 26.2 Å². The van der Waals surface area contributed by atoms with E-state index in [0.29, 0.717) is 16.2 Å². The van der Waals surface area contributed by atoms with Gasteiger partial charge in [-0.15, -0.1) is 0 Å². The van der Waals surface area contributed by atoms with Gasteiger partial charge in [-0.1, -0.05) is 32.9 Å². The highest BCUT2D eigenvalue weighted by molar-refractivity contribution is 9.13. The first-order valence-electron chi connectivity index (χ1n) is 7.26. The van der Waals surface area contributed by atoms with E-state index >= 15 is 0 Å². The monoisotopic (exact) mass is 456 g/mol. The van der Waals surface area contributed by atoms with Crippen LogP contribution in [0.2, 0.25) is 0 Å². The molecular formula is C17H18Br2N2O3. The van der Waals surface area contributed by atoms with E-state index in [9.17, 15) is 4.79 Å². The SMILES string of the molecule is CC(C)(C)c1ccc(OCC(=O)NN=Cc2cc(Br)c(Br)o2)cc1. The van der Waals surface area contributed by atoms with Crippen LogP contribution in [0.25, 0.3) is 0 Å². The highest BCUT2D eigenvalue weighted by Gasteiger charge is 2.13. The van der Waals surface area contributed by atoms with Crippen molar-refractivity contribution in [3.8, 4) is 5.75 Å². The van der Waals surface area contributed by atoms with Crippen molar-refractivity contribution in [1.82, 2.24) is 5.43 Å². The molecule has 2 aromatic rings. The second-order valence-corrected chi connectivity index (χ2v) is 7.70. The lowest BCUT2D eigenvalue weighted by molar-refractivity contribution is -0.123. The Morgan fingerprint density at radius 2 is 1.96 bits per heavy atom. The lowest BCUT2D eigenvalue weighted by atomic mass is 9.87. The predicted molar refractivity (Wildman–Crippen MR) is 100 cm³/mol. The van der Waals surface area contributed by atoms with Crippen LogP contribution in [-0.2, 0) is 10.2 Å². The van der Waals surface area contributed by atoms with E-state index < -0.39 is 0 Å². The minimum absolute atomic E-state index is 0.0838. The van der Waals surface area contributed by atoms with Gasteiger partial charge in [0, 0.05) is 6.07 Å². The normalized spacial score (nSPS) is 11.7. The zero-order valence-electron chi connectivity index (χ0n) is 13.6. The fourth-order valence-electron chi connectivity index (χ4n) is 1.83. The number of benzene rings is 1. The predicted octanol–water partition coefficient (Wildman–Crippen LogP) is 4.63. The quantitative estimate of drug-likeness (QED) is 0.525. The Bertz CT molecular complexity index is 712. The van der Waals surface area contributed by atoms with Gasteiger partial charge < -0.3 is 9.15 Å². The van der Waals surface area contributed by atoms with E-state index in [-0.39, 0.29) is 17.9 Å². The fourth-order valence-corrected chi connectivity index (χ4v) is 2.44. The van der Waals surface area contributed by atoms with Gasteiger partial charge in [-0.2, -0.15) is 5.10 Å². The third-order valence-electron chi connectivity index (χ3n) is 3.14. The molecule has 0 bridgehead atoms. The van der Waals surface area contributed by atoms with Crippen molar-refractivity contribution >= 4 is 44.0 Å². The molecule has 0 radical (unpaired) electrons. The number of carbonyl (C=O) groups is 1. The first kappa shape index (κ1) is 18.7. The number of rotatable bonds is 5. The number of hydrazone groups is 1. The molecule has 0 aliphatic rings. The highest BCUT2D eigenvalue weighted by atomic mass is 79.9. The minimum Gasteiger partial charge on any atom is -0.484 e. The van der Waals surface area contributed by atoms with E-state index in [1.807, 2.05) is 24.3 Å². The van der Waals surface area contributed by atoms with Crippen molar-refractivity contribution in [2.75, 3.05) is 6.61 Å². The molecule has 0 unspecified atom stereocenters. The molecule has 2 rings (SSSR count). The molecule has 7 heteroatoms. The van der Waals surface area contributed by atoms with Crippen LogP contribution in [0, 0.1) is 0 Å². The van der Waals surface area contributed by atoms with Gasteiger partial charge in [0.2, 0.25) is 0 Å². The Morgan fingerprint density at radius 3 is 2.50 bits per heavy atom. The maximum atomic E-state index is 11.7. The van der Waals surface area contributed by atoms with E-state index in [0.717, 1.165) is 4.47 Å². The van der Waals surface area contributed by atoms with Crippen molar-refractivity contribution < 1.29 is 13.9 Å². The number of hydrogen-bond acceptors (Lipinski definition) is 4. The molecule has 0 atom stereocenters. The fraction of sp³-hybridized carbons (Fsp3) is 0.294. The van der Waals surface area contributed by atoms with Crippen LogP contribution in [0.3, 0.4) is 0 Å². The van der Waals surface area contributed by atoms with Crippen LogP contribution >= 0.6 is 31.9 Å². The number of nitrogens with one attached hydrogen (secondary N) is 1. The third-order valence-corrected chi connectivity index (χ3v) is 4.85. The van der Waals surface area contributed by atoms with Gasteiger partial charge in [0.25, 0.3) is 5.91 Å². The van der Waals surface area contributed by atoms with Gasteiger partial charge in [-0.3, -0.25) is 4.79 Å². The third kappa shape index (κ3) is 5.49. The molecule has 0 aliphatic heterocycles. The first-order valence-corrected chi connectivity index (χ1v) is 8.84. The van der Waals surface area contributed by atoms with Gasteiger partial charge in [0.15, 0.2) is 11.3 Å². The summed E-state index contributed by atoms with van der Waals surface area (Å²) in [6.07, 6.45) is 1.41. The molecule has 1 aromatic carbocycles. The minimum atomic E-state index is -0.351. The largest absolute Gasteiger partial charge is 0.484 e. The first-order chi connectivity index (χ1) is 11.3. The Kier molecular flexibility index (Phi) is 6.23. The Hall–Kier alpha value is -1.60. The average Bonchev–Trinajstić information content (AvgIpc) is 2.83. The van der Waals surface area contributed by atoms with E-state index in [2.05, 4.69) is 63.2 Å². The summed E-state index contributed by atoms with van der Waals surface area (Å²) in [5.74, 6) is 0.796. The van der Waals surface area contributed by atoms with Crippen LogP contribution < -0.4 is 10.2 Å². The topological polar surface area (TPSA) is 63.8 Å². The molecule has 0 aliphatic carbocycles. The number of nitrogens with zero attached hydrogens (tertiary/aromatic N) is 1. The van der Waals surface area contributed by atoms with Crippen molar-refractivity contribution in [2.24, 2.45) is 5.10 Å². The zero-order valence-corrected chi connectivity index (χ0v) is 16.8. The summed E-state index contributed by atoms with van der Waals surface area (Å²) in [6.45, 7) is 6.32. The lowest BCUT2D eigenvalue weighted by Gasteiger charge is -2.19. The Balaban J connectivity index is 1.80. The van der Waals surface area contributed by atoms with E-state index in [1.54, 1.807) is 6.07 Å². The number of furan rings is 1. The zero-order chi connectivity index (χ0) is 17.7. The molecule has 24 heavy (non-hydrogen) atoms. The van der Waals surface area contributed by atoms with Crippen LogP contribution in [0.5, 0.6) is 5.75 Å². The van der Waals surface area contributed by atoms with Crippen molar-refractivity contribution in [1.29, 1.82) is 0 Å². The lowest BCUT2D eigenvalue weighted by Crippen LogP contribution is -2.24. The maximum Gasteiger partial charge on any atom is 0.277 e. The number of amides is 1. The highest BCUT2D eigenvalue weighted by Crippen LogP contribution is 2.26. The van der Waals surface area contributed by atoms with Crippen LogP contribution in [0.1, 0.15) is 32.1 Å². The summed E-state index contributed by atoms with van der Waals surface area (Å²) in [4.78, 5) is 11.7. The summed E-state index contributed by atoms with van der Waals surface area (Å²) in [7, 11) is 0. The summed E-state index contributed by atoms with van der Waals surface area (Å²) < 4.78 is 12.1. The Morgan fingerprint density at radius 1 is 1.29 bits per heavy atom. The summed E-state index contributed by atoms with van der Waals surface area (Å²) in [6, 6.07) is 9.44. The van der Waals surface area contributed by atoms with Crippen LogP contribution in [0.15, 0.2) is 49.0 Å². The molecule has 0 saturated heterocycles. The molecular weight excluding hydrogens is 440 g/mol. The number of hydrogen-bond donors (Lipinski definition) is 1. The van der Waals surface area contributed by atoms with E-state index in [1.165, 1.54) is 11.8 Å². The number of halogens is 2. The van der Waals surface area contributed by atoms with Crippen LogP contribution in [-0.4, -0.2) is 18.7 Å². The number of ether oxygens (including phenoxy) is 1. The summed E-state index contributed by atoms with van der Waals surface area (Å²) in [5, 5.41) is 3.81. The second-order valence-electron chi connectivity index (χ2n) is 6.13. The van der Waals surface area contributed by atoms with Crippen LogP contribution in [0.4, 0.5) is 0 Å². The summed E-state index contributed by atoms with van der Waals surface area (Å²) >= 11 is 6.52. The molecule has 1 aromatic heterocycles.